The van der Waals surface area contributed by atoms with E-state index in [9.17, 15) is 9.18 Å². The molecule has 2 aromatic heterocycles. The van der Waals surface area contributed by atoms with E-state index in [1.165, 1.54) is 23.6 Å². The number of carbonyl (C=O) groups is 1. The van der Waals surface area contributed by atoms with Crippen molar-refractivity contribution in [1.82, 2.24) is 15.3 Å². The number of carbonyl (C=O) groups excluding carboxylic acids is 1. The fraction of sp³-hybridized carbons (Fsp3) is 0.250. The summed E-state index contributed by atoms with van der Waals surface area (Å²) < 4.78 is 12.9. The smallest absolute Gasteiger partial charge is 0.252 e. The molecule has 0 aromatic carbocycles. The van der Waals surface area contributed by atoms with Crippen molar-refractivity contribution < 1.29 is 9.18 Å². The maximum Gasteiger partial charge on any atom is 0.252 e. The number of aromatic nitrogens is 2. The second-order valence-electron chi connectivity index (χ2n) is 3.67. The Bertz CT molecular complexity index is 530. The van der Waals surface area contributed by atoms with Gasteiger partial charge in [0.25, 0.3) is 5.91 Å². The maximum atomic E-state index is 12.9. The fourth-order valence-corrected chi connectivity index (χ4v) is 2.30. The van der Waals surface area contributed by atoms with Gasteiger partial charge in [-0.1, -0.05) is 6.92 Å². The van der Waals surface area contributed by atoms with Crippen molar-refractivity contribution in [3.63, 3.8) is 0 Å². The Morgan fingerprint density at radius 2 is 2.33 bits per heavy atom. The van der Waals surface area contributed by atoms with Gasteiger partial charge in [-0.2, -0.15) is 4.39 Å². The van der Waals surface area contributed by atoms with Crippen LogP contribution in [-0.2, 0) is 0 Å². The SMILES string of the molecule is CCC(NC(=O)c1ccnc(F)c1)c1nccs1. The number of nitrogens with one attached hydrogen (secondary N) is 1. The normalized spacial score (nSPS) is 12.1. The van der Waals surface area contributed by atoms with Gasteiger partial charge in [0, 0.05) is 29.4 Å². The highest BCUT2D eigenvalue weighted by Gasteiger charge is 2.16. The Balaban J connectivity index is 2.11. The lowest BCUT2D eigenvalue weighted by molar-refractivity contribution is 0.0935. The summed E-state index contributed by atoms with van der Waals surface area (Å²) in [6.07, 6.45) is 3.70. The molecular formula is C12H12FN3OS. The number of pyridine rings is 1. The minimum atomic E-state index is -0.662. The average molecular weight is 265 g/mol. The number of nitrogens with zero attached hydrogens (tertiary/aromatic N) is 2. The van der Waals surface area contributed by atoms with Crippen LogP contribution in [0.25, 0.3) is 0 Å². The molecule has 0 spiro atoms. The van der Waals surface area contributed by atoms with Gasteiger partial charge < -0.3 is 5.32 Å². The van der Waals surface area contributed by atoms with Crippen LogP contribution in [0.2, 0.25) is 0 Å². The van der Waals surface area contributed by atoms with E-state index in [1.807, 2.05) is 12.3 Å². The molecular weight excluding hydrogens is 253 g/mol. The highest BCUT2D eigenvalue weighted by molar-refractivity contribution is 7.09. The molecule has 0 fully saturated rings. The third kappa shape index (κ3) is 2.89. The van der Waals surface area contributed by atoms with Crippen molar-refractivity contribution in [2.45, 2.75) is 19.4 Å². The second kappa shape index (κ2) is 5.68. The van der Waals surface area contributed by atoms with Gasteiger partial charge in [0.2, 0.25) is 5.95 Å². The average Bonchev–Trinajstić information content (AvgIpc) is 2.89. The Morgan fingerprint density at radius 3 is 2.94 bits per heavy atom. The number of amides is 1. The molecule has 1 unspecified atom stereocenters. The molecule has 1 atom stereocenters. The standard InChI is InChI=1S/C12H12FN3OS/c1-2-9(12-15-5-6-18-12)16-11(17)8-3-4-14-10(13)7-8/h3-7,9H,2H2,1H3,(H,16,17). The summed E-state index contributed by atoms with van der Waals surface area (Å²) in [4.78, 5) is 19.5. The molecule has 4 nitrogen and oxygen atoms in total. The molecule has 2 aromatic rings. The summed E-state index contributed by atoms with van der Waals surface area (Å²) in [5, 5.41) is 5.53. The largest absolute Gasteiger partial charge is 0.343 e. The molecule has 0 aliphatic carbocycles. The molecule has 2 rings (SSSR count). The number of rotatable bonds is 4. The van der Waals surface area contributed by atoms with E-state index in [0.717, 1.165) is 17.5 Å². The van der Waals surface area contributed by atoms with Gasteiger partial charge in [0.1, 0.15) is 5.01 Å². The maximum absolute atomic E-state index is 12.9. The van der Waals surface area contributed by atoms with E-state index in [0.29, 0.717) is 0 Å². The van der Waals surface area contributed by atoms with Gasteiger partial charge in [0.15, 0.2) is 0 Å². The van der Waals surface area contributed by atoms with Gasteiger partial charge in [-0.3, -0.25) is 4.79 Å². The zero-order valence-corrected chi connectivity index (χ0v) is 10.6. The molecule has 18 heavy (non-hydrogen) atoms. The van der Waals surface area contributed by atoms with E-state index >= 15 is 0 Å². The van der Waals surface area contributed by atoms with E-state index in [1.54, 1.807) is 6.20 Å². The summed E-state index contributed by atoms with van der Waals surface area (Å²) in [7, 11) is 0. The Kier molecular flexibility index (Phi) is 3.99. The zero-order valence-electron chi connectivity index (χ0n) is 9.76. The second-order valence-corrected chi connectivity index (χ2v) is 4.60. The molecule has 0 radical (unpaired) electrons. The van der Waals surface area contributed by atoms with Crippen molar-refractivity contribution >= 4 is 17.2 Å². The summed E-state index contributed by atoms with van der Waals surface area (Å²) in [6, 6.07) is 2.45. The predicted octanol–water partition coefficient (Wildman–Crippen LogP) is 2.56. The van der Waals surface area contributed by atoms with Gasteiger partial charge in [0.05, 0.1) is 6.04 Å². The third-order valence-corrected chi connectivity index (χ3v) is 3.34. The Hall–Kier alpha value is -1.82. The van der Waals surface area contributed by atoms with Gasteiger partial charge in [-0.25, -0.2) is 9.97 Å². The fourth-order valence-electron chi connectivity index (χ4n) is 1.53. The molecule has 1 N–H and O–H groups in total. The van der Waals surface area contributed by atoms with Gasteiger partial charge in [-0.05, 0) is 12.5 Å². The summed E-state index contributed by atoms with van der Waals surface area (Å²) in [5.74, 6) is -0.983. The Morgan fingerprint density at radius 1 is 1.50 bits per heavy atom. The van der Waals surface area contributed by atoms with Crippen LogP contribution in [0.15, 0.2) is 29.9 Å². The van der Waals surface area contributed by atoms with Gasteiger partial charge >= 0.3 is 0 Å². The lowest BCUT2D eigenvalue weighted by Gasteiger charge is -2.14. The quantitative estimate of drug-likeness (QED) is 0.864. The topological polar surface area (TPSA) is 54.9 Å². The number of thiazole rings is 1. The molecule has 6 heteroatoms. The lowest BCUT2D eigenvalue weighted by Crippen LogP contribution is -2.28. The number of hydrogen-bond acceptors (Lipinski definition) is 4. The zero-order chi connectivity index (χ0) is 13.0. The monoisotopic (exact) mass is 265 g/mol. The minimum Gasteiger partial charge on any atom is -0.343 e. The first-order valence-electron chi connectivity index (χ1n) is 5.52. The third-order valence-electron chi connectivity index (χ3n) is 2.45. The molecule has 0 saturated carbocycles. The Labute approximate surface area is 108 Å². The molecule has 0 aliphatic heterocycles. The predicted molar refractivity (Wildman–Crippen MR) is 66.8 cm³/mol. The molecule has 0 bridgehead atoms. The van der Waals surface area contributed by atoms with Crippen LogP contribution in [0.1, 0.15) is 34.8 Å². The summed E-state index contributed by atoms with van der Waals surface area (Å²) in [5.41, 5.74) is 0.262. The first-order valence-corrected chi connectivity index (χ1v) is 6.40. The first-order chi connectivity index (χ1) is 8.70. The first kappa shape index (κ1) is 12.6. The number of halogens is 1. The highest BCUT2D eigenvalue weighted by Crippen LogP contribution is 2.19. The van der Waals surface area contributed by atoms with Crippen LogP contribution in [0.5, 0.6) is 0 Å². The van der Waals surface area contributed by atoms with E-state index in [-0.39, 0.29) is 17.5 Å². The van der Waals surface area contributed by atoms with Crippen molar-refractivity contribution in [1.29, 1.82) is 0 Å². The molecule has 2 heterocycles. The van der Waals surface area contributed by atoms with Gasteiger partial charge in [-0.15, -0.1) is 11.3 Å². The summed E-state index contributed by atoms with van der Waals surface area (Å²) in [6.45, 7) is 1.96. The van der Waals surface area contributed by atoms with Crippen LogP contribution in [0, 0.1) is 5.95 Å². The molecule has 1 amide bonds. The van der Waals surface area contributed by atoms with Crippen LogP contribution < -0.4 is 5.32 Å². The van der Waals surface area contributed by atoms with Crippen molar-refractivity contribution in [2.75, 3.05) is 0 Å². The highest BCUT2D eigenvalue weighted by atomic mass is 32.1. The van der Waals surface area contributed by atoms with Crippen LogP contribution in [0.4, 0.5) is 4.39 Å². The van der Waals surface area contributed by atoms with Crippen LogP contribution in [0.3, 0.4) is 0 Å². The minimum absolute atomic E-state index is 0.145. The van der Waals surface area contributed by atoms with Crippen molar-refractivity contribution in [3.05, 3.63) is 46.4 Å². The van der Waals surface area contributed by atoms with Crippen molar-refractivity contribution in [3.8, 4) is 0 Å². The molecule has 0 aliphatic rings. The summed E-state index contributed by atoms with van der Waals surface area (Å²) >= 11 is 1.48. The van der Waals surface area contributed by atoms with Crippen LogP contribution >= 0.6 is 11.3 Å². The number of hydrogen-bond donors (Lipinski definition) is 1. The van der Waals surface area contributed by atoms with Crippen LogP contribution in [-0.4, -0.2) is 15.9 Å². The molecule has 0 saturated heterocycles. The van der Waals surface area contributed by atoms with E-state index < -0.39 is 5.95 Å². The lowest BCUT2D eigenvalue weighted by atomic mass is 10.2. The van der Waals surface area contributed by atoms with Crippen molar-refractivity contribution in [2.24, 2.45) is 0 Å². The molecule has 94 valence electrons. The van der Waals surface area contributed by atoms with E-state index in [2.05, 4.69) is 15.3 Å². The van der Waals surface area contributed by atoms with E-state index in [4.69, 9.17) is 0 Å².